The molecule has 1 N–H and O–H groups in total. The molecule has 2 aliphatic rings. The maximum Gasteiger partial charge on any atom is 0.0457 e. The van der Waals surface area contributed by atoms with E-state index in [-0.39, 0.29) is 0 Å². The van der Waals surface area contributed by atoms with Crippen molar-refractivity contribution in [3.05, 3.63) is 41.6 Å². The Kier molecular flexibility index (Phi) is 4.00. The molecular formula is C20H27N3. The van der Waals surface area contributed by atoms with Gasteiger partial charge in [-0.05, 0) is 75.2 Å². The Balaban J connectivity index is 1.64. The first-order chi connectivity index (χ1) is 11.2. The first-order valence-corrected chi connectivity index (χ1v) is 8.90. The predicted molar refractivity (Wildman–Crippen MR) is 97.7 cm³/mol. The molecule has 3 heterocycles. The minimum Gasteiger partial charge on any atom is -0.361 e. The average Bonchev–Trinajstić information content (AvgIpc) is 3.18. The molecule has 0 bridgehead atoms. The van der Waals surface area contributed by atoms with Crippen LogP contribution in [0.2, 0.25) is 0 Å². The fraction of sp³-hybridized carbons (Fsp3) is 0.500. The Bertz CT molecular complexity index is 726. The number of likely N-dealkylation sites (N-methyl/N-ethyl adjacent to an activating group) is 1. The second-order valence-electron chi connectivity index (χ2n) is 7.32. The second-order valence-corrected chi connectivity index (χ2v) is 7.32. The van der Waals surface area contributed by atoms with Crippen LogP contribution in [0, 0.1) is 0 Å². The number of nitrogens with one attached hydrogen (secondary N) is 1. The first-order valence-electron chi connectivity index (χ1n) is 8.90. The third kappa shape index (κ3) is 2.96. The molecule has 1 saturated heterocycles. The van der Waals surface area contributed by atoms with Gasteiger partial charge in [-0.1, -0.05) is 12.1 Å². The van der Waals surface area contributed by atoms with Crippen molar-refractivity contribution in [1.29, 1.82) is 0 Å². The molecule has 3 heteroatoms. The molecular weight excluding hydrogens is 282 g/mol. The number of fused-ring (bicyclic) bond motifs is 2. The van der Waals surface area contributed by atoms with Crippen LogP contribution < -0.4 is 0 Å². The van der Waals surface area contributed by atoms with E-state index in [0.717, 1.165) is 13.0 Å². The van der Waals surface area contributed by atoms with Crippen LogP contribution in [0.3, 0.4) is 0 Å². The summed E-state index contributed by atoms with van der Waals surface area (Å²) < 4.78 is 0. The van der Waals surface area contributed by atoms with E-state index in [2.05, 4.69) is 59.4 Å². The highest BCUT2D eigenvalue weighted by atomic mass is 15.2. The van der Waals surface area contributed by atoms with E-state index in [9.17, 15) is 0 Å². The van der Waals surface area contributed by atoms with Crippen molar-refractivity contribution in [1.82, 2.24) is 14.8 Å². The summed E-state index contributed by atoms with van der Waals surface area (Å²) in [6, 6.07) is 7.65. The zero-order valence-corrected chi connectivity index (χ0v) is 14.3. The lowest BCUT2D eigenvalue weighted by Crippen LogP contribution is -2.32. The smallest absolute Gasteiger partial charge is 0.0457 e. The monoisotopic (exact) mass is 309 g/mol. The summed E-state index contributed by atoms with van der Waals surface area (Å²) in [5.74, 6) is 0. The zero-order chi connectivity index (χ0) is 15.8. The fourth-order valence-electron chi connectivity index (χ4n) is 4.07. The summed E-state index contributed by atoms with van der Waals surface area (Å²) in [4.78, 5) is 8.32. The lowest BCUT2D eigenvalue weighted by Gasteiger charge is -2.28. The van der Waals surface area contributed by atoms with Crippen LogP contribution in [-0.2, 0) is 6.42 Å². The third-order valence-electron chi connectivity index (χ3n) is 5.44. The van der Waals surface area contributed by atoms with Crippen LogP contribution >= 0.6 is 0 Å². The van der Waals surface area contributed by atoms with E-state index in [1.54, 1.807) is 5.57 Å². The van der Waals surface area contributed by atoms with E-state index < -0.39 is 0 Å². The Morgan fingerprint density at radius 1 is 1.26 bits per heavy atom. The Hall–Kier alpha value is -1.58. The molecule has 0 aliphatic carbocycles. The quantitative estimate of drug-likeness (QED) is 0.933. The molecule has 23 heavy (non-hydrogen) atoms. The lowest BCUT2D eigenvalue weighted by molar-refractivity contribution is 0.288. The average molecular weight is 309 g/mol. The molecule has 2 aliphatic heterocycles. The van der Waals surface area contributed by atoms with Crippen molar-refractivity contribution in [3.8, 4) is 0 Å². The highest BCUT2D eigenvalue weighted by Crippen LogP contribution is 2.32. The maximum absolute atomic E-state index is 3.43. The van der Waals surface area contributed by atoms with Gasteiger partial charge in [0.05, 0.1) is 0 Å². The van der Waals surface area contributed by atoms with Crippen LogP contribution in [0.5, 0.6) is 0 Å². The largest absolute Gasteiger partial charge is 0.361 e. The fourth-order valence-corrected chi connectivity index (χ4v) is 4.07. The van der Waals surface area contributed by atoms with Gasteiger partial charge in [0.2, 0.25) is 0 Å². The van der Waals surface area contributed by atoms with Gasteiger partial charge >= 0.3 is 0 Å². The molecule has 1 atom stereocenters. The minimum absolute atomic E-state index is 0.689. The molecule has 122 valence electrons. The standard InChI is InChI=1S/C20H27N3/c1-22(2)10-7-17-14-21-20-6-5-15(13-19(17)20)16-8-11-23-9-3-4-18(23)12-16/h5-6,12-14,18,21H,3-4,7-11H2,1-2H3. The molecule has 3 nitrogen and oxygen atoms in total. The van der Waals surface area contributed by atoms with E-state index >= 15 is 0 Å². The van der Waals surface area contributed by atoms with E-state index in [0.29, 0.717) is 6.04 Å². The summed E-state index contributed by atoms with van der Waals surface area (Å²) in [6.45, 7) is 3.62. The van der Waals surface area contributed by atoms with Crippen molar-refractivity contribution in [2.75, 3.05) is 33.7 Å². The minimum atomic E-state index is 0.689. The van der Waals surface area contributed by atoms with Gasteiger partial charge in [0.15, 0.2) is 0 Å². The molecule has 0 spiro atoms. The second kappa shape index (κ2) is 6.14. The first kappa shape index (κ1) is 15.0. The highest BCUT2D eigenvalue weighted by Gasteiger charge is 2.26. The summed E-state index contributed by atoms with van der Waals surface area (Å²) >= 11 is 0. The number of nitrogens with zero attached hydrogens (tertiary/aromatic N) is 2. The predicted octanol–water partition coefficient (Wildman–Crippen LogP) is 3.52. The number of rotatable bonds is 4. The number of hydrogen-bond donors (Lipinski definition) is 1. The molecule has 1 fully saturated rings. The van der Waals surface area contributed by atoms with Crippen molar-refractivity contribution < 1.29 is 0 Å². The van der Waals surface area contributed by atoms with Crippen molar-refractivity contribution >= 4 is 16.5 Å². The lowest BCUT2D eigenvalue weighted by atomic mass is 9.94. The molecule has 0 amide bonds. The van der Waals surface area contributed by atoms with Crippen LogP contribution in [-0.4, -0.2) is 54.6 Å². The molecule has 2 aromatic rings. The summed E-state index contributed by atoms with van der Waals surface area (Å²) in [7, 11) is 4.28. The molecule has 0 radical (unpaired) electrons. The van der Waals surface area contributed by atoms with Gasteiger partial charge < -0.3 is 9.88 Å². The van der Waals surface area contributed by atoms with Crippen LogP contribution in [0.1, 0.15) is 30.4 Å². The van der Waals surface area contributed by atoms with Gasteiger partial charge in [-0.25, -0.2) is 0 Å². The van der Waals surface area contributed by atoms with Crippen molar-refractivity contribution in [2.45, 2.75) is 31.7 Å². The van der Waals surface area contributed by atoms with Crippen LogP contribution in [0.4, 0.5) is 0 Å². The SMILES string of the molecule is CN(C)CCc1c[nH]c2ccc(C3=CC4CCCN4CC3)cc12. The van der Waals surface area contributed by atoms with Crippen molar-refractivity contribution in [3.63, 3.8) is 0 Å². The Morgan fingerprint density at radius 2 is 2.17 bits per heavy atom. The van der Waals surface area contributed by atoms with Gasteiger partial charge in [-0.3, -0.25) is 4.90 Å². The van der Waals surface area contributed by atoms with Gasteiger partial charge in [-0.15, -0.1) is 0 Å². The van der Waals surface area contributed by atoms with Gasteiger partial charge in [0.1, 0.15) is 0 Å². The van der Waals surface area contributed by atoms with Gasteiger partial charge in [0.25, 0.3) is 0 Å². The zero-order valence-electron chi connectivity index (χ0n) is 14.3. The van der Waals surface area contributed by atoms with Crippen molar-refractivity contribution in [2.24, 2.45) is 0 Å². The number of benzene rings is 1. The number of aromatic nitrogens is 1. The van der Waals surface area contributed by atoms with E-state index in [4.69, 9.17) is 0 Å². The molecule has 1 aromatic carbocycles. The molecule has 0 saturated carbocycles. The van der Waals surface area contributed by atoms with E-state index in [1.165, 1.54) is 54.4 Å². The number of aromatic amines is 1. The number of hydrogen-bond acceptors (Lipinski definition) is 2. The van der Waals surface area contributed by atoms with Gasteiger partial charge in [0, 0.05) is 36.2 Å². The number of H-pyrrole nitrogens is 1. The Morgan fingerprint density at radius 3 is 3.04 bits per heavy atom. The van der Waals surface area contributed by atoms with Crippen LogP contribution in [0.25, 0.3) is 16.5 Å². The van der Waals surface area contributed by atoms with Crippen LogP contribution in [0.15, 0.2) is 30.5 Å². The Labute approximate surface area is 139 Å². The summed E-state index contributed by atoms with van der Waals surface area (Å²) in [6.07, 6.45) is 9.71. The molecule has 1 unspecified atom stereocenters. The van der Waals surface area contributed by atoms with Gasteiger partial charge in [-0.2, -0.15) is 0 Å². The van der Waals surface area contributed by atoms with E-state index in [1.807, 2.05) is 0 Å². The summed E-state index contributed by atoms with van der Waals surface area (Å²) in [5, 5.41) is 1.40. The maximum atomic E-state index is 3.43. The normalized spacial score (nSPS) is 21.9. The third-order valence-corrected chi connectivity index (χ3v) is 5.44. The summed E-state index contributed by atoms with van der Waals surface area (Å²) in [5.41, 5.74) is 5.68. The highest BCUT2D eigenvalue weighted by molar-refractivity contribution is 5.87. The molecule has 4 rings (SSSR count). The molecule has 1 aromatic heterocycles. The topological polar surface area (TPSA) is 22.3 Å².